The first-order valence-electron chi connectivity index (χ1n) is 3.48. The number of nitrogens with zero attached hydrogens (tertiary/aromatic N) is 1. The maximum atomic E-state index is 12.4. The molecule has 0 N–H and O–H groups in total. The van der Waals surface area contributed by atoms with E-state index in [2.05, 4.69) is 0 Å². The highest BCUT2D eigenvalue weighted by Gasteiger charge is 2.06. The molecule has 0 fully saturated rings. The van der Waals surface area contributed by atoms with Crippen molar-refractivity contribution in [3.05, 3.63) is 0 Å². The van der Waals surface area contributed by atoms with Gasteiger partial charge in [0.05, 0.1) is 6.54 Å². The molecule has 60 valence electrons. The van der Waals surface area contributed by atoms with Crippen molar-refractivity contribution in [2.24, 2.45) is 5.92 Å². The molecule has 0 saturated carbocycles. The molecule has 2 nitrogen and oxygen atoms in total. The molecule has 0 rings (SSSR count). The quantitative estimate of drug-likeness (QED) is 0.557. The topological polar surface area (TPSA) is 20.3 Å². The van der Waals surface area contributed by atoms with Gasteiger partial charge in [-0.2, -0.15) is 5.12 Å². The van der Waals surface area contributed by atoms with E-state index in [-0.39, 0.29) is 11.7 Å². The van der Waals surface area contributed by atoms with Crippen molar-refractivity contribution in [3.8, 4) is 0 Å². The normalized spacial score (nSPS) is 10.1. The first kappa shape index (κ1) is 9.40. The molecular weight excluding hydrogens is 133 g/mol. The number of rotatable bonds is 3. The zero-order valence-corrected chi connectivity index (χ0v) is 6.72. The van der Waals surface area contributed by atoms with E-state index < -0.39 is 5.91 Å². The standard InChI is InChI=1S/C7H14FNO/c1-6(2)4-5-9(8)7(3)10/h6H,4-5H2,1-3H3. The van der Waals surface area contributed by atoms with Crippen molar-refractivity contribution in [1.29, 1.82) is 0 Å². The number of carbonyl (C=O) groups is 1. The van der Waals surface area contributed by atoms with E-state index in [4.69, 9.17) is 0 Å². The first-order valence-corrected chi connectivity index (χ1v) is 3.48. The highest BCUT2D eigenvalue weighted by Crippen LogP contribution is 2.01. The third-order valence-corrected chi connectivity index (χ3v) is 1.24. The fourth-order valence-corrected chi connectivity index (χ4v) is 0.529. The fourth-order valence-electron chi connectivity index (χ4n) is 0.529. The smallest absolute Gasteiger partial charge is 0.247 e. The minimum absolute atomic E-state index is 0.215. The Morgan fingerprint density at radius 3 is 2.40 bits per heavy atom. The zero-order valence-electron chi connectivity index (χ0n) is 6.72. The number of halogens is 1. The van der Waals surface area contributed by atoms with Crippen LogP contribution in [0.25, 0.3) is 0 Å². The van der Waals surface area contributed by atoms with Gasteiger partial charge in [0.15, 0.2) is 0 Å². The van der Waals surface area contributed by atoms with Crippen molar-refractivity contribution in [2.75, 3.05) is 6.54 Å². The lowest BCUT2D eigenvalue weighted by Gasteiger charge is -2.10. The van der Waals surface area contributed by atoms with Crippen molar-refractivity contribution in [1.82, 2.24) is 5.12 Å². The van der Waals surface area contributed by atoms with Crippen LogP contribution in [-0.2, 0) is 4.79 Å². The van der Waals surface area contributed by atoms with Gasteiger partial charge < -0.3 is 0 Å². The fraction of sp³-hybridized carbons (Fsp3) is 0.857. The van der Waals surface area contributed by atoms with Crippen LogP contribution < -0.4 is 0 Å². The van der Waals surface area contributed by atoms with Crippen LogP contribution in [0.2, 0.25) is 0 Å². The lowest BCUT2D eigenvalue weighted by atomic mass is 10.1. The Bertz CT molecular complexity index is 114. The maximum Gasteiger partial charge on any atom is 0.247 e. The Balaban J connectivity index is 3.40. The molecule has 0 aromatic heterocycles. The summed E-state index contributed by atoms with van der Waals surface area (Å²) >= 11 is 0. The van der Waals surface area contributed by atoms with E-state index in [0.717, 1.165) is 6.42 Å². The summed E-state index contributed by atoms with van der Waals surface area (Å²) in [4.78, 5) is 10.3. The molecule has 0 heterocycles. The summed E-state index contributed by atoms with van der Waals surface area (Å²) in [6, 6.07) is 0. The predicted molar refractivity (Wildman–Crippen MR) is 38.0 cm³/mol. The van der Waals surface area contributed by atoms with Crippen molar-refractivity contribution < 1.29 is 9.28 Å². The summed E-state index contributed by atoms with van der Waals surface area (Å²) in [5.74, 6) is -0.0711. The second kappa shape index (κ2) is 4.25. The van der Waals surface area contributed by atoms with Gasteiger partial charge in [-0.25, -0.2) is 0 Å². The summed E-state index contributed by atoms with van der Waals surface area (Å²) in [5, 5.41) is 0.250. The summed E-state index contributed by atoms with van der Waals surface area (Å²) in [5.41, 5.74) is 0. The largest absolute Gasteiger partial charge is 0.273 e. The van der Waals surface area contributed by atoms with Gasteiger partial charge in [0, 0.05) is 6.92 Å². The minimum atomic E-state index is -0.513. The average Bonchev–Trinajstić information content (AvgIpc) is 1.82. The van der Waals surface area contributed by atoms with Crippen molar-refractivity contribution in [2.45, 2.75) is 27.2 Å². The van der Waals surface area contributed by atoms with Gasteiger partial charge in [0.1, 0.15) is 0 Å². The van der Waals surface area contributed by atoms with Crippen LogP contribution >= 0.6 is 0 Å². The molecule has 0 saturated heterocycles. The van der Waals surface area contributed by atoms with Gasteiger partial charge in [-0.3, -0.25) is 4.79 Å². The third kappa shape index (κ3) is 4.30. The Labute approximate surface area is 61.0 Å². The van der Waals surface area contributed by atoms with E-state index in [1.165, 1.54) is 6.92 Å². The highest BCUT2D eigenvalue weighted by molar-refractivity contribution is 5.71. The van der Waals surface area contributed by atoms with Crippen molar-refractivity contribution >= 4 is 5.91 Å². The van der Waals surface area contributed by atoms with E-state index >= 15 is 0 Å². The van der Waals surface area contributed by atoms with Gasteiger partial charge in [0.2, 0.25) is 5.91 Å². The van der Waals surface area contributed by atoms with E-state index in [0.29, 0.717) is 5.92 Å². The van der Waals surface area contributed by atoms with Gasteiger partial charge in [0.25, 0.3) is 0 Å². The Morgan fingerprint density at radius 2 is 2.10 bits per heavy atom. The molecule has 10 heavy (non-hydrogen) atoms. The van der Waals surface area contributed by atoms with E-state index in [9.17, 15) is 9.28 Å². The molecule has 0 bridgehead atoms. The predicted octanol–water partition coefficient (Wildman–Crippen LogP) is 1.77. The van der Waals surface area contributed by atoms with Crippen LogP contribution in [0.15, 0.2) is 0 Å². The molecule has 3 heteroatoms. The van der Waals surface area contributed by atoms with Crippen LogP contribution in [0.4, 0.5) is 4.48 Å². The molecule has 0 aliphatic heterocycles. The molecule has 0 unspecified atom stereocenters. The van der Waals surface area contributed by atoms with E-state index in [1.807, 2.05) is 13.8 Å². The van der Waals surface area contributed by atoms with Crippen LogP contribution in [0, 0.1) is 5.92 Å². The summed E-state index contributed by atoms with van der Waals surface area (Å²) in [7, 11) is 0. The average molecular weight is 147 g/mol. The molecule has 0 spiro atoms. The number of amides is 1. The van der Waals surface area contributed by atoms with Crippen LogP contribution in [-0.4, -0.2) is 17.6 Å². The third-order valence-electron chi connectivity index (χ3n) is 1.24. The van der Waals surface area contributed by atoms with E-state index in [1.54, 1.807) is 0 Å². The molecule has 0 aliphatic carbocycles. The summed E-state index contributed by atoms with van der Waals surface area (Å²) in [6.45, 7) is 5.43. The van der Waals surface area contributed by atoms with Crippen LogP contribution in [0.1, 0.15) is 27.2 Å². The molecule has 0 aliphatic rings. The minimum Gasteiger partial charge on any atom is -0.273 e. The Morgan fingerprint density at radius 1 is 1.60 bits per heavy atom. The number of hydrogen-bond acceptors (Lipinski definition) is 1. The van der Waals surface area contributed by atoms with Crippen LogP contribution in [0.3, 0.4) is 0 Å². The first-order chi connectivity index (χ1) is 4.54. The monoisotopic (exact) mass is 147 g/mol. The summed E-state index contributed by atoms with van der Waals surface area (Å²) < 4.78 is 12.4. The SMILES string of the molecule is CC(=O)N(F)CCC(C)C. The lowest BCUT2D eigenvalue weighted by molar-refractivity contribution is -0.144. The van der Waals surface area contributed by atoms with Gasteiger partial charge in [-0.15, -0.1) is 0 Å². The number of hydrogen-bond donors (Lipinski definition) is 0. The Hall–Kier alpha value is -0.600. The molecule has 0 aromatic carbocycles. The molecule has 1 amide bonds. The van der Waals surface area contributed by atoms with Crippen molar-refractivity contribution in [3.63, 3.8) is 0 Å². The zero-order chi connectivity index (χ0) is 8.15. The molecule has 0 aromatic rings. The second-order valence-electron chi connectivity index (χ2n) is 2.79. The highest BCUT2D eigenvalue weighted by atomic mass is 19.2. The van der Waals surface area contributed by atoms with Gasteiger partial charge in [-0.1, -0.05) is 18.3 Å². The molecular formula is C7H14FNO. The lowest BCUT2D eigenvalue weighted by Crippen LogP contribution is -2.21. The second-order valence-corrected chi connectivity index (χ2v) is 2.79. The van der Waals surface area contributed by atoms with Crippen LogP contribution in [0.5, 0.6) is 0 Å². The molecule has 0 atom stereocenters. The Kier molecular flexibility index (Phi) is 4.00. The maximum absolute atomic E-state index is 12.4. The summed E-state index contributed by atoms with van der Waals surface area (Å²) in [6.07, 6.45) is 0.718. The van der Waals surface area contributed by atoms with Gasteiger partial charge in [-0.05, 0) is 12.3 Å². The van der Waals surface area contributed by atoms with Gasteiger partial charge >= 0.3 is 0 Å². The number of carbonyl (C=O) groups excluding carboxylic acids is 1. The molecule has 0 radical (unpaired) electrons.